The van der Waals surface area contributed by atoms with Gasteiger partial charge in [0, 0.05) is 0 Å². The molecule has 13 rings (SSSR count). The van der Waals surface area contributed by atoms with Crippen molar-refractivity contribution in [1.29, 1.82) is 0 Å². The Morgan fingerprint density at radius 3 is 0.714 bits per heavy atom. The van der Waals surface area contributed by atoms with Crippen LogP contribution in [0.3, 0.4) is 0 Å². The van der Waals surface area contributed by atoms with E-state index in [2.05, 4.69) is 97.1 Å². The van der Waals surface area contributed by atoms with Crippen LogP contribution < -0.4 is 0 Å². The summed E-state index contributed by atoms with van der Waals surface area (Å²) < 4.78 is 18.8. The fourth-order valence-electron chi connectivity index (χ4n) is 8.34. The molecule has 42 heavy (non-hydrogen) atoms. The third-order valence-corrected chi connectivity index (χ3v) is 9.94. The lowest BCUT2D eigenvalue weighted by molar-refractivity contribution is 0.707. The molecule has 2 aromatic heterocycles. The summed E-state index contributed by atoms with van der Waals surface area (Å²) in [5.74, 6) is -0.215. The second-order valence-corrected chi connectivity index (χ2v) is 11.9. The normalized spacial score (nSPS) is 22.0. The van der Waals surface area contributed by atoms with Gasteiger partial charge in [0.2, 0.25) is 0 Å². The average Bonchev–Trinajstić information content (AvgIpc) is 3.09. The molecular weight excluding hydrogens is 512 g/mol. The van der Waals surface area contributed by atoms with Crippen LogP contribution in [-0.4, -0.2) is 19.9 Å². The van der Waals surface area contributed by atoms with Crippen molar-refractivity contribution >= 4 is 22.1 Å². The van der Waals surface area contributed by atoms with Gasteiger partial charge in [-0.15, -0.1) is 0 Å². The van der Waals surface area contributed by atoms with E-state index in [4.69, 9.17) is 19.9 Å². The molecule has 0 saturated carbocycles. The van der Waals surface area contributed by atoms with Crippen LogP contribution in [-0.2, 0) is 0 Å². The molecule has 194 valence electrons. The highest BCUT2D eigenvalue weighted by molar-refractivity contribution is 5.92. The summed E-state index contributed by atoms with van der Waals surface area (Å²) in [6, 6.07) is 34.6. The van der Waals surface area contributed by atoms with Gasteiger partial charge in [-0.2, -0.15) is 0 Å². The van der Waals surface area contributed by atoms with E-state index < -0.39 is 0 Å². The van der Waals surface area contributed by atoms with Crippen LogP contribution in [0.25, 0.3) is 22.1 Å². The highest BCUT2D eigenvalue weighted by Crippen LogP contribution is 2.56. The molecule has 0 spiro atoms. The lowest BCUT2D eigenvalue weighted by atomic mass is 9.64. The fourth-order valence-corrected chi connectivity index (χ4v) is 8.34. The van der Waals surface area contributed by atoms with Gasteiger partial charge >= 0.3 is 0 Å². The average molecular weight is 537 g/mol. The Morgan fingerprint density at radius 1 is 0.333 bits per heavy atom. The Kier molecular flexibility index (Phi) is 3.46. The van der Waals surface area contributed by atoms with Gasteiger partial charge in [-0.05, 0) is 56.6 Å². The molecule has 0 amide bonds. The number of aromatic nitrogens is 4. The van der Waals surface area contributed by atoms with E-state index >= 15 is 0 Å². The number of hydrogen-bond donors (Lipinski definition) is 0. The molecule has 0 radical (unpaired) electrons. The monoisotopic (exact) mass is 536 g/mol. The fraction of sp³-hybridized carbons (Fsp3) is 0.105. The smallest absolute Gasteiger partial charge is 0.0913 e. The molecule has 0 N–H and O–H groups in total. The van der Waals surface area contributed by atoms with Crippen molar-refractivity contribution in [2.24, 2.45) is 0 Å². The molecule has 4 bridgehead atoms. The molecule has 0 fully saturated rings. The predicted octanol–water partition coefficient (Wildman–Crippen LogP) is 7.55. The van der Waals surface area contributed by atoms with E-state index in [0.29, 0.717) is 22.1 Å². The number of hydrogen-bond acceptors (Lipinski definition) is 4. The van der Waals surface area contributed by atoms with E-state index in [-0.39, 0.29) is 35.8 Å². The molecule has 0 saturated heterocycles. The summed E-state index contributed by atoms with van der Waals surface area (Å²) in [6.45, 7) is 0. The molecule has 6 aliphatic carbocycles. The van der Waals surface area contributed by atoms with Gasteiger partial charge in [0.1, 0.15) is 0 Å². The van der Waals surface area contributed by atoms with Gasteiger partial charge in [0.15, 0.2) is 0 Å². The van der Waals surface area contributed by atoms with Gasteiger partial charge in [-0.1, -0.05) is 97.1 Å². The minimum atomic E-state index is -0.0538. The van der Waals surface area contributed by atoms with Crippen LogP contribution in [0.5, 0.6) is 0 Å². The summed E-state index contributed by atoms with van der Waals surface area (Å²) in [6.07, 6.45) is 0. The van der Waals surface area contributed by atoms with Gasteiger partial charge < -0.3 is 0 Å². The quantitative estimate of drug-likeness (QED) is 0.188. The zero-order valence-electron chi connectivity index (χ0n) is 24.3. The van der Waals surface area contributed by atoms with Crippen molar-refractivity contribution in [3.8, 4) is 0 Å². The van der Waals surface area contributed by atoms with Crippen LogP contribution in [0, 0.1) is 0 Å². The first-order chi connectivity index (χ1) is 21.7. The molecule has 7 aromatic rings. The van der Waals surface area contributed by atoms with E-state index in [0.717, 1.165) is 22.8 Å². The molecular formula is C38H22N4. The molecule has 5 aromatic carbocycles. The SMILES string of the molecule is [2H]c1c2nc3c(nc2c([2H])c2nc4c(nc12)C1c2ccccc2C4c2ccccc21)C1c2ccccc2C3c2ccccc21. The van der Waals surface area contributed by atoms with Crippen molar-refractivity contribution in [2.75, 3.05) is 0 Å². The summed E-state index contributed by atoms with van der Waals surface area (Å²) in [7, 11) is 0. The van der Waals surface area contributed by atoms with E-state index in [9.17, 15) is 2.74 Å². The van der Waals surface area contributed by atoms with Crippen LogP contribution >= 0.6 is 0 Å². The maximum absolute atomic E-state index is 9.42. The number of rotatable bonds is 0. The van der Waals surface area contributed by atoms with Crippen molar-refractivity contribution in [3.63, 3.8) is 0 Å². The second kappa shape index (κ2) is 7.34. The Balaban J connectivity index is 1.21. The Hall–Kier alpha value is -5.22. The molecule has 6 aliphatic rings. The Morgan fingerprint density at radius 2 is 0.524 bits per heavy atom. The van der Waals surface area contributed by atoms with Crippen molar-refractivity contribution in [3.05, 3.63) is 176 Å². The standard InChI is InChI=1S/C38H22N4/c1-2-10-20-19(9-1)31-21-11-3-4-12-22(21)32(20)36-35(31)39-27-17-29-30(18-28(27)40-36)42-38-34-25-15-7-5-13-23(25)33(37(38)41-29)24-14-6-8-16-26(24)34/h1-18,31-34H/i17D,18D. The predicted molar refractivity (Wildman–Crippen MR) is 162 cm³/mol. The van der Waals surface area contributed by atoms with Gasteiger partial charge in [0.05, 0.1) is 71.3 Å². The van der Waals surface area contributed by atoms with Crippen molar-refractivity contribution in [1.82, 2.24) is 19.9 Å². The molecule has 0 atom stereocenters. The van der Waals surface area contributed by atoms with Crippen molar-refractivity contribution < 1.29 is 2.74 Å². The molecule has 4 nitrogen and oxygen atoms in total. The maximum atomic E-state index is 9.42. The van der Waals surface area contributed by atoms with E-state index in [1.165, 1.54) is 44.5 Å². The molecule has 0 aliphatic heterocycles. The Bertz CT molecular complexity index is 2040. The molecule has 2 heterocycles. The highest BCUT2D eigenvalue weighted by atomic mass is 14.9. The summed E-state index contributed by atoms with van der Waals surface area (Å²) in [5.41, 5.74) is 15.3. The van der Waals surface area contributed by atoms with Gasteiger partial charge in [-0.25, -0.2) is 19.9 Å². The third kappa shape index (κ3) is 2.47. The maximum Gasteiger partial charge on any atom is 0.0913 e. The second-order valence-electron chi connectivity index (χ2n) is 11.9. The lowest BCUT2D eigenvalue weighted by Gasteiger charge is -2.40. The summed E-state index contributed by atoms with van der Waals surface area (Å²) >= 11 is 0. The largest absolute Gasteiger partial charge is 0.248 e. The van der Waals surface area contributed by atoms with Crippen LogP contribution in [0.2, 0.25) is 0 Å². The highest BCUT2D eigenvalue weighted by Gasteiger charge is 2.45. The lowest BCUT2D eigenvalue weighted by Crippen LogP contribution is -2.30. The van der Waals surface area contributed by atoms with Crippen molar-refractivity contribution in [2.45, 2.75) is 23.7 Å². The molecule has 4 heteroatoms. The minimum absolute atomic E-state index is 0.0538. The van der Waals surface area contributed by atoms with Crippen LogP contribution in [0.4, 0.5) is 0 Å². The third-order valence-electron chi connectivity index (χ3n) is 9.94. The minimum Gasteiger partial charge on any atom is -0.248 e. The van der Waals surface area contributed by atoms with E-state index in [1.54, 1.807) is 0 Å². The first-order valence-corrected chi connectivity index (χ1v) is 14.6. The van der Waals surface area contributed by atoms with Gasteiger partial charge in [-0.3, -0.25) is 0 Å². The number of nitrogens with zero attached hydrogens (tertiary/aromatic N) is 4. The Labute approximate surface area is 244 Å². The topological polar surface area (TPSA) is 51.6 Å². The van der Waals surface area contributed by atoms with Gasteiger partial charge in [0.25, 0.3) is 0 Å². The zero-order valence-corrected chi connectivity index (χ0v) is 22.3. The summed E-state index contributed by atoms with van der Waals surface area (Å²) in [5, 5.41) is 0. The zero-order chi connectivity index (χ0) is 28.8. The van der Waals surface area contributed by atoms with Crippen LogP contribution in [0.15, 0.2) is 109 Å². The first-order valence-electron chi connectivity index (χ1n) is 15.6. The summed E-state index contributed by atoms with van der Waals surface area (Å²) in [4.78, 5) is 20.8. The van der Waals surface area contributed by atoms with Crippen LogP contribution in [0.1, 0.15) is 93.7 Å². The first kappa shape index (κ1) is 19.8. The number of benzene rings is 5. The number of fused-ring (bicyclic) bond motifs is 2. The molecule has 0 unspecified atom stereocenters. The van der Waals surface area contributed by atoms with E-state index in [1.807, 2.05) is 0 Å².